The third-order valence-electron chi connectivity index (χ3n) is 2.83. The Morgan fingerprint density at radius 1 is 1.58 bits per heavy atom. The molecular formula is C13H14F2O4. The second-order valence-corrected chi connectivity index (χ2v) is 4.55. The van der Waals surface area contributed by atoms with Crippen molar-refractivity contribution in [3.63, 3.8) is 0 Å². The van der Waals surface area contributed by atoms with Crippen molar-refractivity contribution < 1.29 is 28.2 Å². The molecule has 1 aliphatic heterocycles. The summed E-state index contributed by atoms with van der Waals surface area (Å²) in [6, 6.07) is 4.18. The SMILES string of the molecule is CC1Cc2cc(C(F)(F)COCC(=O)O)ccc2O1. The van der Waals surface area contributed by atoms with E-state index in [9.17, 15) is 13.6 Å². The zero-order valence-corrected chi connectivity index (χ0v) is 10.4. The van der Waals surface area contributed by atoms with Crippen molar-refractivity contribution >= 4 is 5.97 Å². The lowest BCUT2D eigenvalue weighted by Crippen LogP contribution is -2.23. The van der Waals surface area contributed by atoms with Gasteiger partial charge >= 0.3 is 5.97 Å². The van der Waals surface area contributed by atoms with Gasteiger partial charge in [-0.2, -0.15) is 8.78 Å². The Morgan fingerprint density at radius 2 is 2.32 bits per heavy atom. The standard InChI is InChI=1S/C13H14F2O4/c1-8-4-9-5-10(2-3-11(9)19-8)13(14,15)7-18-6-12(16)17/h2-3,5,8H,4,6-7H2,1H3,(H,16,17). The fraction of sp³-hybridized carbons (Fsp3) is 0.462. The monoisotopic (exact) mass is 272 g/mol. The first-order valence-corrected chi connectivity index (χ1v) is 5.86. The van der Waals surface area contributed by atoms with Gasteiger partial charge in [0.15, 0.2) is 0 Å². The van der Waals surface area contributed by atoms with Gasteiger partial charge < -0.3 is 14.6 Å². The van der Waals surface area contributed by atoms with Crippen LogP contribution in [0.2, 0.25) is 0 Å². The molecule has 0 aliphatic carbocycles. The van der Waals surface area contributed by atoms with Gasteiger partial charge in [0.05, 0.1) is 0 Å². The van der Waals surface area contributed by atoms with Crippen molar-refractivity contribution in [2.24, 2.45) is 0 Å². The van der Waals surface area contributed by atoms with E-state index < -0.39 is 25.1 Å². The van der Waals surface area contributed by atoms with Gasteiger partial charge in [0.25, 0.3) is 5.92 Å². The molecule has 0 amide bonds. The number of ether oxygens (including phenoxy) is 2. The molecule has 19 heavy (non-hydrogen) atoms. The number of carbonyl (C=O) groups is 1. The van der Waals surface area contributed by atoms with Crippen LogP contribution in [0.3, 0.4) is 0 Å². The summed E-state index contributed by atoms with van der Waals surface area (Å²) < 4.78 is 37.5. The minimum Gasteiger partial charge on any atom is -0.490 e. The van der Waals surface area contributed by atoms with Crippen LogP contribution in [-0.2, 0) is 21.9 Å². The van der Waals surface area contributed by atoms with E-state index in [2.05, 4.69) is 4.74 Å². The van der Waals surface area contributed by atoms with Crippen molar-refractivity contribution in [1.29, 1.82) is 0 Å². The molecule has 0 saturated heterocycles. The summed E-state index contributed by atoms with van der Waals surface area (Å²) in [5, 5.41) is 8.35. The Hall–Kier alpha value is -1.69. The zero-order valence-electron chi connectivity index (χ0n) is 10.4. The molecule has 4 nitrogen and oxygen atoms in total. The summed E-state index contributed by atoms with van der Waals surface area (Å²) in [6.45, 7) is 0.183. The molecule has 6 heteroatoms. The van der Waals surface area contributed by atoms with Crippen LogP contribution in [0.5, 0.6) is 5.75 Å². The molecule has 0 fully saturated rings. The smallest absolute Gasteiger partial charge is 0.329 e. The molecule has 104 valence electrons. The van der Waals surface area contributed by atoms with E-state index in [1.807, 2.05) is 6.92 Å². The number of hydrogen-bond donors (Lipinski definition) is 1. The summed E-state index contributed by atoms with van der Waals surface area (Å²) in [4.78, 5) is 10.2. The highest BCUT2D eigenvalue weighted by Gasteiger charge is 2.34. The summed E-state index contributed by atoms with van der Waals surface area (Å²) in [5.74, 6) is -3.86. The van der Waals surface area contributed by atoms with Crippen LogP contribution in [0.4, 0.5) is 8.78 Å². The molecular weight excluding hydrogens is 258 g/mol. The van der Waals surface area contributed by atoms with E-state index in [1.165, 1.54) is 18.2 Å². The van der Waals surface area contributed by atoms with Crippen LogP contribution in [-0.4, -0.2) is 30.4 Å². The second kappa shape index (κ2) is 5.13. The minimum atomic E-state index is -3.21. The average Bonchev–Trinajstić information content (AvgIpc) is 2.67. The van der Waals surface area contributed by atoms with Gasteiger partial charge in [0.1, 0.15) is 25.1 Å². The summed E-state index contributed by atoms with van der Waals surface area (Å²) in [5.41, 5.74) is 0.553. The molecule has 1 aromatic carbocycles. The maximum absolute atomic E-state index is 13.8. The quantitative estimate of drug-likeness (QED) is 0.892. The van der Waals surface area contributed by atoms with Gasteiger partial charge in [-0.15, -0.1) is 0 Å². The number of carboxylic acid groups (broad SMARTS) is 1. The average molecular weight is 272 g/mol. The number of aliphatic carboxylic acids is 1. The molecule has 0 saturated carbocycles. The van der Waals surface area contributed by atoms with Crippen molar-refractivity contribution in [2.75, 3.05) is 13.2 Å². The van der Waals surface area contributed by atoms with E-state index in [4.69, 9.17) is 9.84 Å². The highest BCUT2D eigenvalue weighted by molar-refractivity contribution is 5.68. The molecule has 1 aliphatic rings. The van der Waals surface area contributed by atoms with Gasteiger partial charge in [-0.3, -0.25) is 0 Å². The molecule has 1 unspecified atom stereocenters. The summed E-state index contributed by atoms with van der Waals surface area (Å²) in [7, 11) is 0. The Bertz CT molecular complexity index is 488. The van der Waals surface area contributed by atoms with Crippen LogP contribution < -0.4 is 4.74 Å². The van der Waals surface area contributed by atoms with Crippen molar-refractivity contribution in [2.45, 2.75) is 25.4 Å². The molecule has 0 radical (unpaired) electrons. The van der Waals surface area contributed by atoms with Gasteiger partial charge in [-0.1, -0.05) is 0 Å². The Labute approximate surface area is 108 Å². The highest BCUT2D eigenvalue weighted by atomic mass is 19.3. The zero-order chi connectivity index (χ0) is 14.0. The van der Waals surface area contributed by atoms with Gasteiger partial charge in [0, 0.05) is 12.0 Å². The van der Waals surface area contributed by atoms with Crippen LogP contribution in [0, 0.1) is 0 Å². The lowest BCUT2D eigenvalue weighted by molar-refractivity contribution is -0.147. The minimum absolute atomic E-state index is 0.0119. The lowest BCUT2D eigenvalue weighted by atomic mass is 10.0. The first-order chi connectivity index (χ1) is 8.88. The third-order valence-corrected chi connectivity index (χ3v) is 2.83. The molecule has 2 rings (SSSR count). The Balaban J connectivity index is 2.08. The van der Waals surface area contributed by atoms with E-state index in [1.54, 1.807) is 0 Å². The highest BCUT2D eigenvalue weighted by Crippen LogP contribution is 2.35. The number of rotatable bonds is 5. The summed E-state index contributed by atoms with van der Waals surface area (Å²) in [6.07, 6.45) is 0.581. The predicted molar refractivity (Wildman–Crippen MR) is 62.6 cm³/mol. The first kappa shape index (κ1) is 13.7. The van der Waals surface area contributed by atoms with Crippen LogP contribution in [0.15, 0.2) is 18.2 Å². The van der Waals surface area contributed by atoms with E-state index in [0.29, 0.717) is 12.2 Å². The molecule has 0 bridgehead atoms. The maximum Gasteiger partial charge on any atom is 0.329 e. The van der Waals surface area contributed by atoms with Gasteiger partial charge in [0.2, 0.25) is 0 Å². The molecule has 1 aromatic rings. The summed E-state index contributed by atoms with van der Waals surface area (Å²) >= 11 is 0. The maximum atomic E-state index is 13.8. The van der Waals surface area contributed by atoms with Crippen molar-refractivity contribution in [3.8, 4) is 5.75 Å². The number of fused-ring (bicyclic) bond motifs is 1. The van der Waals surface area contributed by atoms with Crippen molar-refractivity contribution in [1.82, 2.24) is 0 Å². The fourth-order valence-electron chi connectivity index (χ4n) is 2.00. The number of benzene rings is 1. The molecule has 1 atom stereocenters. The third kappa shape index (κ3) is 3.20. The van der Waals surface area contributed by atoms with Crippen LogP contribution >= 0.6 is 0 Å². The van der Waals surface area contributed by atoms with Crippen molar-refractivity contribution in [3.05, 3.63) is 29.3 Å². The fourth-order valence-corrected chi connectivity index (χ4v) is 2.00. The van der Waals surface area contributed by atoms with Crippen LogP contribution in [0.25, 0.3) is 0 Å². The van der Waals surface area contributed by atoms with Crippen LogP contribution in [0.1, 0.15) is 18.1 Å². The van der Waals surface area contributed by atoms with E-state index in [-0.39, 0.29) is 11.7 Å². The number of hydrogen-bond acceptors (Lipinski definition) is 3. The van der Waals surface area contributed by atoms with E-state index >= 15 is 0 Å². The number of halogens is 2. The normalized spacial score (nSPS) is 17.9. The second-order valence-electron chi connectivity index (χ2n) is 4.55. The van der Waals surface area contributed by atoms with Gasteiger partial charge in [-0.25, -0.2) is 4.79 Å². The molecule has 1 heterocycles. The Kier molecular flexibility index (Phi) is 3.71. The first-order valence-electron chi connectivity index (χ1n) is 5.86. The molecule has 1 N–H and O–H groups in total. The lowest BCUT2D eigenvalue weighted by Gasteiger charge is -2.17. The van der Waals surface area contributed by atoms with E-state index in [0.717, 1.165) is 5.56 Å². The number of alkyl halides is 2. The number of carboxylic acids is 1. The predicted octanol–water partition coefficient (Wildman–Crippen LogP) is 2.20. The van der Waals surface area contributed by atoms with Gasteiger partial charge in [-0.05, 0) is 30.7 Å². The molecule has 0 aromatic heterocycles. The largest absolute Gasteiger partial charge is 0.490 e. The molecule has 0 spiro atoms. The topological polar surface area (TPSA) is 55.8 Å². The Morgan fingerprint density at radius 3 is 3.00 bits per heavy atom.